The van der Waals surface area contributed by atoms with E-state index in [0.717, 1.165) is 59.3 Å². The van der Waals surface area contributed by atoms with Crippen LogP contribution in [-0.2, 0) is 24.1 Å². The minimum Gasteiger partial charge on any atom is -0.325 e. The molecule has 1 aromatic heterocycles. The molecular weight excluding hydrogens is 426 g/mol. The number of thioether (sulfide) groups is 1. The second-order valence-corrected chi connectivity index (χ2v) is 8.81. The van der Waals surface area contributed by atoms with E-state index < -0.39 is 0 Å². The molecule has 0 atom stereocenters. The van der Waals surface area contributed by atoms with Crippen LogP contribution < -0.4 is 5.32 Å². The first kappa shape index (κ1) is 21.4. The van der Waals surface area contributed by atoms with Crippen LogP contribution in [0.3, 0.4) is 0 Å². The van der Waals surface area contributed by atoms with Gasteiger partial charge in [-0.25, -0.2) is 4.98 Å². The van der Waals surface area contributed by atoms with Gasteiger partial charge in [0.15, 0.2) is 0 Å². The number of hydrogen-bond donors (Lipinski definition) is 1. The molecule has 0 spiro atoms. The van der Waals surface area contributed by atoms with Crippen molar-refractivity contribution in [2.45, 2.75) is 37.6 Å². The lowest BCUT2D eigenvalue weighted by Gasteiger charge is -2.15. The zero-order valence-corrected chi connectivity index (χ0v) is 18.8. The Morgan fingerprint density at radius 1 is 1.19 bits per heavy atom. The van der Waals surface area contributed by atoms with Crippen molar-refractivity contribution in [2.75, 3.05) is 11.1 Å². The predicted octanol–water partition coefficient (Wildman–Crippen LogP) is 6.06. The molecule has 4 rings (SSSR count). The smallest absolute Gasteiger partial charge is 0.234 e. The summed E-state index contributed by atoms with van der Waals surface area (Å²) >= 11 is 7.39. The van der Waals surface area contributed by atoms with Gasteiger partial charge in [0, 0.05) is 22.0 Å². The van der Waals surface area contributed by atoms with E-state index >= 15 is 0 Å². The number of carbonyl (C=O) groups is 1. The minimum atomic E-state index is -0.106. The summed E-state index contributed by atoms with van der Waals surface area (Å²) in [6.07, 6.45) is 3.68. The number of benzene rings is 2. The third-order valence-corrected chi connectivity index (χ3v) is 6.68. The molecule has 0 unspecified atom stereocenters. The van der Waals surface area contributed by atoms with Gasteiger partial charge in [0.2, 0.25) is 5.91 Å². The fourth-order valence-electron chi connectivity index (χ4n) is 3.97. The van der Waals surface area contributed by atoms with Gasteiger partial charge in [-0.3, -0.25) is 4.79 Å². The van der Waals surface area contributed by atoms with E-state index in [2.05, 4.69) is 18.3 Å². The van der Waals surface area contributed by atoms with E-state index in [-0.39, 0.29) is 11.7 Å². The number of nitriles is 1. The summed E-state index contributed by atoms with van der Waals surface area (Å²) < 4.78 is 0. The monoisotopic (exact) mass is 447 g/mol. The highest BCUT2D eigenvalue weighted by Crippen LogP contribution is 2.38. The number of hydrogen-bond acceptors (Lipinski definition) is 4. The molecule has 1 amide bonds. The molecule has 6 heteroatoms. The Kier molecular flexibility index (Phi) is 6.60. The van der Waals surface area contributed by atoms with E-state index in [0.29, 0.717) is 15.6 Å². The molecule has 4 nitrogen and oxygen atoms in total. The maximum atomic E-state index is 12.6. The summed E-state index contributed by atoms with van der Waals surface area (Å²) in [5.74, 6) is 0.0867. The molecule has 2 aromatic carbocycles. The Labute approximate surface area is 191 Å². The highest BCUT2D eigenvalue weighted by Gasteiger charge is 2.24. The van der Waals surface area contributed by atoms with Gasteiger partial charge in [-0.15, -0.1) is 0 Å². The van der Waals surface area contributed by atoms with Crippen LogP contribution in [0.5, 0.6) is 0 Å². The molecule has 31 heavy (non-hydrogen) atoms. The Morgan fingerprint density at radius 3 is 2.71 bits per heavy atom. The third kappa shape index (κ3) is 4.61. The number of halogens is 1. The summed E-state index contributed by atoms with van der Waals surface area (Å²) in [4.78, 5) is 17.4. The Bertz CT molecular complexity index is 1170. The maximum Gasteiger partial charge on any atom is 0.234 e. The molecule has 1 N–H and O–H groups in total. The standard InChI is InChI=1S/C25H22ClN3OS/c1-2-16-6-3-4-8-21(16)28-23(30)15-31-25-20(14-27)24(17-10-12-18(26)13-11-17)19-7-5-9-22(19)29-25/h3-4,6,8,10-13H,2,5,7,9,15H2,1H3,(H,28,30). The van der Waals surface area contributed by atoms with Gasteiger partial charge in [0.05, 0.1) is 11.3 Å². The fourth-order valence-corrected chi connectivity index (χ4v) is 4.90. The van der Waals surface area contributed by atoms with Crippen LogP contribution in [0.2, 0.25) is 5.02 Å². The van der Waals surface area contributed by atoms with E-state index in [1.165, 1.54) is 11.8 Å². The molecule has 1 heterocycles. The number of aryl methyl sites for hydroxylation is 2. The first-order valence-electron chi connectivity index (χ1n) is 10.3. The van der Waals surface area contributed by atoms with Crippen molar-refractivity contribution in [3.8, 4) is 17.2 Å². The molecule has 0 radical (unpaired) electrons. The number of nitrogens with one attached hydrogen (secondary N) is 1. The maximum absolute atomic E-state index is 12.6. The molecule has 0 aliphatic heterocycles. The van der Waals surface area contributed by atoms with Gasteiger partial charge in [-0.1, -0.05) is 60.6 Å². The number of aromatic nitrogens is 1. The quantitative estimate of drug-likeness (QED) is 0.466. The van der Waals surface area contributed by atoms with Crippen molar-refractivity contribution in [2.24, 2.45) is 0 Å². The van der Waals surface area contributed by atoms with Gasteiger partial charge in [-0.05, 0) is 60.6 Å². The largest absolute Gasteiger partial charge is 0.325 e. The Hall–Kier alpha value is -2.81. The zero-order valence-electron chi connectivity index (χ0n) is 17.2. The molecule has 1 aliphatic carbocycles. The predicted molar refractivity (Wildman–Crippen MR) is 127 cm³/mol. The Morgan fingerprint density at radius 2 is 1.97 bits per heavy atom. The lowest BCUT2D eigenvalue weighted by atomic mass is 9.95. The van der Waals surface area contributed by atoms with E-state index in [1.807, 2.05) is 48.5 Å². The van der Waals surface area contributed by atoms with Crippen molar-refractivity contribution in [3.05, 3.63) is 75.9 Å². The van der Waals surface area contributed by atoms with Gasteiger partial charge in [0.25, 0.3) is 0 Å². The van der Waals surface area contributed by atoms with Crippen molar-refractivity contribution in [1.82, 2.24) is 4.98 Å². The number of nitrogens with zero attached hydrogens (tertiary/aromatic N) is 2. The minimum absolute atomic E-state index is 0.106. The van der Waals surface area contributed by atoms with Crippen LogP contribution in [0.15, 0.2) is 53.6 Å². The average Bonchev–Trinajstić information content (AvgIpc) is 3.26. The third-order valence-electron chi connectivity index (χ3n) is 5.45. The molecule has 3 aromatic rings. The lowest BCUT2D eigenvalue weighted by Crippen LogP contribution is -2.15. The molecule has 0 saturated carbocycles. The first-order chi connectivity index (χ1) is 15.1. The number of pyridine rings is 1. The van der Waals surface area contributed by atoms with Crippen LogP contribution in [0.4, 0.5) is 5.69 Å². The number of para-hydroxylation sites is 1. The van der Waals surface area contributed by atoms with E-state index in [1.54, 1.807) is 0 Å². The van der Waals surface area contributed by atoms with Gasteiger partial charge in [0.1, 0.15) is 11.1 Å². The molecular formula is C25H22ClN3OS. The highest BCUT2D eigenvalue weighted by atomic mass is 35.5. The second kappa shape index (κ2) is 9.55. The van der Waals surface area contributed by atoms with Crippen molar-refractivity contribution >= 4 is 35.0 Å². The lowest BCUT2D eigenvalue weighted by molar-refractivity contribution is -0.113. The van der Waals surface area contributed by atoms with E-state index in [4.69, 9.17) is 16.6 Å². The first-order valence-corrected chi connectivity index (χ1v) is 11.7. The van der Waals surface area contributed by atoms with Crippen molar-refractivity contribution in [3.63, 3.8) is 0 Å². The molecule has 0 fully saturated rings. The molecule has 0 bridgehead atoms. The number of anilines is 1. The van der Waals surface area contributed by atoms with Gasteiger partial charge >= 0.3 is 0 Å². The van der Waals surface area contributed by atoms with Crippen molar-refractivity contribution in [1.29, 1.82) is 5.26 Å². The van der Waals surface area contributed by atoms with Crippen LogP contribution in [0, 0.1) is 11.3 Å². The average molecular weight is 448 g/mol. The summed E-state index contributed by atoms with van der Waals surface area (Å²) in [5.41, 5.74) is 6.53. The highest BCUT2D eigenvalue weighted by molar-refractivity contribution is 8.00. The van der Waals surface area contributed by atoms with Gasteiger partial charge < -0.3 is 5.32 Å². The van der Waals surface area contributed by atoms with Crippen LogP contribution in [0.1, 0.15) is 35.7 Å². The summed E-state index contributed by atoms with van der Waals surface area (Å²) in [6.45, 7) is 2.06. The molecule has 0 saturated heterocycles. The molecule has 156 valence electrons. The van der Waals surface area contributed by atoms with Gasteiger partial charge in [-0.2, -0.15) is 5.26 Å². The van der Waals surface area contributed by atoms with Crippen molar-refractivity contribution < 1.29 is 4.79 Å². The SMILES string of the molecule is CCc1ccccc1NC(=O)CSc1nc2c(c(-c3ccc(Cl)cc3)c1C#N)CCC2. The fraction of sp³-hybridized carbons (Fsp3) is 0.240. The second-order valence-electron chi connectivity index (χ2n) is 7.41. The number of carbonyl (C=O) groups excluding carboxylic acids is 1. The summed E-state index contributed by atoms with van der Waals surface area (Å²) in [6, 6.07) is 17.7. The number of amides is 1. The Balaban J connectivity index is 1.62. The number of rotatable bonds is 6. The summed E-state index contributed by atoms with van der Waals surface area (Å²) in [5, 5.41) is 14.3. The van der Waals surface area contributed by atoms with Crippen LogP contribution in [-0.4, -0.2) is 16.6 Å². The topological polar surface area (TPSA) is 65.8 Å². The van der Waals surface area contributed by atoms with Crippen LogP contribution in [0.25, 0.3) is 11.1 Å². The summed E-state index contributed by atoms with van der Waals surface area (Å²) in [7, 11) is 0. The zero-order chi connectivity index (χ0) is 21.8. The number of fused-ring (bicyclic) bond motifs is 1. The normalized spacial score (nSPS) is 12.3. The van der Waals surface area contributed by atoms with Crippen LogP contribution >= 0.6 is 23.4 Å². The van der Waals surface area contributed by atoms with E-state index in [9.17, 15) is 10.1 Å². The molecule has 1 aliphatic rings.